The molecule has 1 fully saturated rings. The largest absolute Gasteiger partial charge is 0.478 e. The summed E-state index contributed by atoms with van der Waals surface area (Å²) in [5.74, 6) is -0.620. The highest BCUT2D eigenvalue weighted by Crippen LogP contribution is 2.30. The van der Waals surface area contributed by atoms with E-state index in [4.69, 9.17) is 9.97 Å². The summed E-state index contributed by atoms with van der Waals surface area (Å²) in [4.78, 5) is 22.8. The SMILES string of the molecule is O=C(O)c1ccc2nc(-c3ccc(F)cc3)c(N3CCNCC3)nc2c1. The summed E-state index contributed by atoms with van der Waals surface area (Å²) in [6.45, 7) is 3.20. The molecule has 0 aliphatic carbocycles. The Morgan fingerprint density at radius 1 is 1.04 bits per heavy atom. The molecule has 0 bridgehead atoms. The molecule has 0 radical (unpaired) electrons. The highest BCUT2D eigenvalue weighted by atomic mass is 19.1. The van der Waals surface area contributed by atoms with Gasteiger partial charge in [-0.2, -0.15) is 0 Å². The number of hydrogen-bond donors (Lipinski definition) is 2. The number of carboxylic acids is 1. The summed E-state index contributed by atoms with van der Waals surface area (Å²) in [6.07, 6.45) is 0. The van der Waals surface area contributed by atoms with Crippen molar-refractivity contribution >= 4 is 22.8 Å². The molecule has 0 spiro atoms. The molecule has 1 aliphatic heterocycles. The lowest BCUT2D eigenvalue weighted by Crippen LogP contribution is -2.44. The van der Waals surface area contributed by atoms with E-state index >= 15 is 0 Å². The summed E-state index contributed by atoms with van der Waals surface area (Å²) in [5.41, 5.74) is 2.75. The van der Waals surface area contributed by atoms with Crippen molar-refractivity contribution in [3.05, 3.63) is 53.8 Å². The first-order valence-corrected chi connectivity index (χ1v) is 8.38. The van der Waals surface area contributed by atoms with Crippen LogP contribution in [0.1, 0.15) is 10.4 Å². The topological polar surface area (TPSA) is 78.3 Å². The minimum Gasteiger partial charge on any atom is -0.478 e. The second-order valence-electron chi connectivity index (χ2n) is 6.15. The van der Waals surface area contributed by atoms with Gasteiger partial charge >= 0.3 is 5.97 Å². The van der Waals surface area contributed by atoms with E-state index in [2.05, 4.69) is 10.2 Å². The smallest absolute Gasteiger partial charge is 0.335 e. The molecule has 0 saturated carbocycles. The Bertz CT molecular complexity index is 969. The maximum atomic E-state index is 13.3. The monoisotopic (exact) mass is 352 g/mol. The average molecular weight is 352 g/mol. The van der Waals surface area contributed by atoms with E-state index in [0.717, 1.165) is 31.7 Å². The molecule has 1 aromatic heterocycles. The number of aromatic carboxylic acids is 1. The van der Waals surface area contributed by atoms with Crippen molar-refractivity contribution in [2.75, 3.05) is 31.1 Å². The van der Waals surface area contributed by atoms with Gasteiger partial charge in [-0.3, -0.25) is 0 Å². The number of fused-ring (bicyclic) bond motifs is 1. The number of nitrogens with zero attached hydrogens (tertiary/aromatic N) is 3. The number of benzene rings is 2. The Labute approximate surface area is 149 Å². The van der Waals surface area contributed by atoms with E-state index in [1.54, 1.807) is 18.2 Å². The predicted molar refractivity (Wildman–Crippen MR) is 97.0 cm³/mol. The Balaban J connectivity index is 1.90. The summed E-state index contributed by atoms with van der Waals surface area (Å²) >= 11 is 0. The quantitative estimate of drug-likeness (QED) is 0.754. The van der Waals surface area contributed by atoms with E-state index in [1.807, 2.05) is 0 Å². The van der Waals surface area contributed by atoms with Crippen molar-refractivity contribution in [3.8, 4) is 11.3 Å². The molecular weight excluding hydrogens is 335 g/mol. The van der Waals surface area contributed by atoms with Crippen LogP contribution in [0, 0.1) is 5.82 Å². The van der Waals surface area contributed by atoms with Crippen LogP contribution in [-0.2, 0) is 0 Å². The van der Waals surface area contributed by atoms with Gasteiger partial charge in [0.25, 0.3) is 0 Å². The van der Waals surface area contributed by atoms with Gasteiger partial charge in [-0.25, -0.2) is 19.2 Å². The molecule has 132 valence electrons. The number of carbonyl (C=O) groups is 1. The maximum absolute atomic E-state index is 13.3. The third-order valence-electron chi connectivity index (χ3n) is 4.43. The van der Waals surface area contributed by atoms with Crippen molar-refractivity contribution in [2.45, 2.75) is 0 Å². The minimum absolute atomic E-state index is 0.174. The summed E-state index contributed by atoms with van der Waals surface area (Å²) in [6, 6.07) is 10.9. The van der Waals surface area contributed by atoms with Crippen LogP contribution in [0.15, 0.2) is 42.5 Å². The van der Waals surface area contributed by atoms with E-state index < -0.39 is 5.97 Å². The van der Waals surface area contributed by atoms with Crippen LogP contribution >= 0.6 is 0 Å². The zero-order valence-electron chi connectivity index (χ0n) is 13.9. The number of halogens is 1. The number of carboxylic acid groups (broad SMARTS) is 1. The standard InChI is InChI=1S/C19H17FN4O2/c20-14-4-1-12(2-5-14)17-18(24-9-7-21-8-10-24)23-16-11-13(19(25)26)3-6-15(16)22-17/h1-6,11,21H,7-10H2,(H,25,26). The Morgan fingerprint density at radius 2 is 1.77 bits per heavy atom. The number of rotatable bonds is 3. The number of hydrogen-bond acceptors (Lipinski definition) is 5. The first kappa shape index (κ1) is 16.4. The van der Waals surface area contributed by atoms with Gasteiger partial charge in [0.2, 0.25) is 0 Å². The molecule has 3 aromatic rings. The van der Waals surface area contributed by atoms with Crippen molar-refractivity contribution in [1.29, 1.82) is 0 Å². The molecule has 7 heteroatoms. The molecular formula is C19H17FN4O2. The number of piperazine rings is 1. The second-order valence-corrected chi connectivity index (χ2v) is 6.15. The molecule has 2 aromatic carbocycles. The number of anilines is 1. The molecule has 2 N–H and O–H groups in total. The molecule has 0 amide bonds. The highest BCUT2D eigenvalue weighted by molar-refractivity contribution is 5.93. The molecule has 1 aliphatic rings. The van der Waals surface area contributed by atoms with Crippen LogP contribution in [0.5, 0.6) is 0 Å². The third kappa shape index (κ3) is 3.09. The van der Waals surface area contributed by atoms with E-state index in [1.165, 1.54) is 24.3 Å². The van der Waals surface area contributed by atoms with Crippen LogP contribution in [0.4, 0.5) is 10.2 Å². The van der Waals surface area contributed by atoms with E-state index in [9.17, 15) is 14.3 Å². The van der Waals surface area contributed by atoms with Gasteiger partial charge in [0, 0.05) is 31.7 Å². The van der Waals surface area contributed by atoms with Gasteiger partial charge in [-0.15, -0.1) is 0 Å². The summed E-state index contributed by atoms with van der Waals surface area (Å²) in [5, 5.41) is 12.5. The Hall–Kier alpha value is -3.06. The molecule has 4 rings (SSSR count). The van der Waals surface area contributed by atoms with E-state index in [-0.39, 0.29) is 11.4 Å². The molecule has 2 heterocycles. The normalized spacial score (nSPS) is 14.6. The van der Waals surface area contributed by atoms with Gasteiger partial charge in [0.05, 0.1) is 16.6 Å². The van der Waals surface area contributed by atoms with Crippen LogP contribution in [-0.4, -0.2) is 47.2 Å². The van der Waals surface area contributed by atoms with Crippen molar-refractivity contribution in [2.24, 2.45) is 0 Å². The zero-order chi connectivity index (χ0) is 18.1. The third-order valence-corrected chi connectivity index (χ3v) is 4.43. The van der Waals surface area contributed by atoms with Crippen LogP contribution in [0.25, 0.3) is 22.3 Å². The predicted octanol–water partition coefficient (Wildman–Crippen LogP) is 2.54. The van der Waals surface area contributed by atoms with Gasteiger partial charge in [-0.1, -0.05) is 0 Å². The van der Waals surface area contributed by atoms with Crippen LogP contribution in [0.2, 0.25) is 0 Å². The van der Waals surface area contributed by atoms with Gasteiger partial charge in [0.15, 0.2) is 5.82 Å². The second kappa shape index (κ2) is 6.68. The molecule has 0 unspecified atom stereocenters. The highest BCUT2D eigenvalue weighted by Gasteiger charge is 2.20. The molecule has 26 heavy (non-hydrogen) atoms. The van der Waals surface area contributed by atoms with Crippen molar-refractivity contribution in [3.63, 3.8) is 0 Å². The van der Waals surface area contributed by atoms with E-state index in [0.29, 0.717) is 22.5 Å². The van der Waals surface area contributed by atoms with Gasteiger partial charge in [0.1, 0.15) is 11.5 Å². The minimum atomic E-state index is -1.000. The molecule has 0 atom stereocenters. The first-order chi connectivity index (χ1) is 12.6. The zero-order valence-corrected chi connectivity index (χ0v) is 13.9. The number of nitrogens with one attached hydrogen (secondary N) is 1. The van der Waals surface area contributed by atoms with Crippen molar-refractivity contribution < 1.29 is 14.3 Å². The van der Waals surface area contributed by atoms with Gasteiger partial charge in [-0.05, 0) is 42.5 Å². The fourth-order valence-electron chi connectivity index (χ4n) is 3.08. The summed E-state index contributed by atoms with van der Waals surface area (Å²) < 4.78 is 13.3. The lowest BCUT2D eigenvalue weighted by Gasteiger charge is -2.30. The fourth-order valence-corrected chi connectivity index (χ4v) is 3.08. The number of aromatic nitrogens is 2. The first-order valence-electron chi connectivity index (χ1n) is 8.38. The maximum Gasteiger partial charge on any atom is 0.335 e. The van der Waals surface area contributed by atoms with Gasteiger partial charge < -0.3 is 15.3 Å². The lowest BCUT2D eigenvalue weighted by atomic mass is 10.1. The lowest BCUT2D eigenvalue weighted by molar-refractivity contribution is 0.0697. The van der Waals surface area contributed by atoms with Crippen molar-refractivity contribution in [1.82, 2.24) is 15.3 Å². The Morgan fingerprint density at radius 3 is 2.46 bits per heavy atom. The molecule has 6 nitrogen and oxygen atoms in total. The average Bonchev–Trinajstić information content (AvgIpc) is 2.68. The van der Waals surface area contributed by atoms with Crippen LogP contribution < -0.4 is 10.2 Å². The van der Waals surface area contributed by atoms with Crippen LogP contribution in [0.3, 0.4) is 0 Å². The molecule has 1 saturated heterocycles. The summed E-state index contributed by atoms with van der Waals surface area (Å²) in [7, 11) is 0. The fraction of sp³-hybridized carbons (Fsp3) is 0.211. The Kier molecular flexibility index (Phi) is 4.22.